The van der Waals surface area contributed by atoms with Crippen molar-refractivity contribution in [2.75, 3.05) is 18.0 Å². The van der Waals surface area contributed by atoms with Crippen LogP contribution in [0.2, 0.25) is 10.0 Å². The monoisotopic (exact) mass is 681 g/mol. The highest BCUT2D eigenvalue weighted by Crippen LogP contribution is 2.30. The van der Waals surface area contributed by atoms with Crippen molar-refractivity contribution in [1.82, 2.24) is 10.2 Å². The average Bonchev–Trinajstić information content (AvgIpc) is 3.02. The van der Waals surface area contributed by atoms with Gasteiger partial charge in [0, 0.05) is 40.2 Å². The highest BCUT2D eigenvalue weighted by molar-refractivity contribution is 7.92. The molecule has 46 heavy (non-hydrogen) atoms. The molecule has 4 rings (SSSR count). The number of hydrogen-bond donors (Lipinski definition) is 1. The largest absolute Gasteiger partial charge is 0.497 e. The molecule has 8 nitrogen and oxygen atoms in total. The van der Waals surface area contributed by atoms with E-state index in [1.54, 1.807) is 54.6 Å². The molecule has 4 aromatic rings. The van der Waals surface area contributed by atoms with Gasteiger partial charge in [0.15, 0.2) is 0 Å². The number of hydrogen-bond acceptors (Lipinski definition) is 5. The second-order valence-electron chi connectivity index (χ2n) is 11.7. The van der Waals surface area contributed by atoms with E-state index in [0.29, 0.717) is 21.4 Å². The lowest BCUT2D eigenvalue weighted by atomic mass is 10.0. The fourth-order valence-electron chi connectivity index (χ4n) is 4.87. The van der Waals surface area contributed by atoms with Crippen molar-refractivity contribution in [3.63, 3.8) is 0 Å². The van der Waals surface area contributed by atoms with Crippen molar-refractivity contribution in [3.8, 4) is 5.75 Å². The fourth-order valence-corrected chi connectivity index (χ4v) is 6.82. The molecule has 0 saturated heterocycles. The molecule has 0 spiro atoms. The number of nitrogens with zero attached hydrogens (tertiary/aromatic N) is 2. The molecule has 0 aliphatic carbocycles. The molecule has 0 aromatic heterocycles. The van der Waals surface area contributed by atoms with Crippen molar-refractivity contribution in [2.45, 2.75) is 50.2 Å². The van der Waals surface area contributed by atoms with E-state index >= 15 is 0 Å². The SMILES string of the molecule is COc1cccc(N(CC(=O)N(Cc2c(Cl)cccc2Cl)[C@@H](Cc2ccccc2)C(=O)NC(C)(C)C)S(=O)(=O)c2ccccc2)c1. The second-order valence-corrected chi connectivity index (χ2v) is 14.4. The third kappa shape index (κ3) is 8.81. The Morgan fingerprint density at radius 2 is 1.43 bits per heavy atom. The van der Waals surface area contributed by atoms with Gasteiger partial charge in [-0.1, -0.05) is 83.9 Å². The van der Waals surface area contributed by atoms with E-state index in [-0.39, 0.29) is 23.5 Å². The molecule has 0 saturated carbocycles. The molecule has 11 heteroatoms. The normalized spacial score (nSPS) is 12.2. The highest BCUT2D eigenvalue weighted by atomic mass is 35.5. The van der Waals surface area contributed by atoms with Crippen LogP contribution < -0.4 is 14.4 Å². The summed E-state index contributed by atoms with van der Waals surface area (Å²) in [6.45, 7) is 4.76. The number of amides is 2. The molecule has 4 aromatic carbocycles. The Morgan fingerprint density at radius 3 is 2.02 bits per heavy atom. The molecule has 242 valence electrons. The van der Waals surface area contributed by atoms with Crippen LogP contribution in [-0.2, 0) is 32.6 Å². The third-order valence-electron chi connectivity index (χ3n) is 7.11. The number of benzene rings is 4. The lowest BCUT2D eigenvalue weighted by molar-refractivity contribution is -0.140. The Kier molecular flexibility index (Phi) is 11.4. The van der Waals surface area contributed by atoms with Gasteiger partial charge in [-0.05, 0) is 62.7 Å². The predicted molar refractivity (Wildman–Crippen MR) is 183 cm³/mol. The zero-order chi connectivity index (χ0) is 33.5. The Hall–Kier alpha value is -4.05. The maximum atomic E-state index is 14.6. The van der Waals surface area contributed by atoms with Gasteiger partial charge in [-0.2, -0.15) is 0 Å². The highest BCUT2D eigenvalue weighted by Gasteiger charge is 2.36. The Balaban J connectivity index is 1.86. The number of nitrogens with one attached hydrogen (secondary N) is 1. The van der Waals surface area contributed by atoms with Crippen molar-refractivity contribution >= 4 is 50.7 Å². The van der Waals surface area contributed by atoms with Crippen LogP contribution in [-0.4, -0.2) is 50.4 Å². The third-order valence-corrected chi connectivity index (χ3v) is 9.61. The van der Waals surface area contributed by atoms with Crippen LogP contribution in [0.5, 0.6) is 5.75 Å². The number of ether oxygens (including phenoxy) is 1. The minimum atomic E-state index is -4.25. The van der Waals surface area contributed by atoms with Gasteiger partial charge in [-0.15, -0.1) is 0 Å². The maximum absolute atomic E-state index is 14.6. The average molecular weight is 683 g/mol. The number of sulfonamides is 1. The van der Waals surface area contributed by atoms with Gasteiger partial charge in [0.1, 0.15) is 18.3 Å². The summed E-state index contributed by atoms with van der Waals surface area (Å²) >= 11 is 13.1. The van der Waals surface area contributed by atoms with E-state index in [2.05, 4.69) is 5.32 Å². The predicted octanol–water partition coefficient (Wildman–Crippen LogP) is 6.75. The van der Waals surface area contributed by atoms with Crippen molar-refractivity contribution < 1.29 is 22.7 Å². The van der Waals surface area contributed by atoms with E-state index in [1.807, 2.05) is 51.1 Å². The summed E-state index contributed by atoms with van der Waals surface area (Å²) in [6, 6.07) is 27.5. The molecular weight excluding hydrogens is 645 g/mol. The van der Waals surface area contributed by atoms with Gasteiger partial charge in [-0.3, -0.25) is 13.9 Å². The van der Waals surface area contributed by atoms with Gasteiger partial charge < -0.3 is 15.0 Å². The smallest absolute Gasteiger partial charge is 0.264 e. The summed E-state index contributed by atoms with van der Waals surface area (Å²) in [5.74, 6) is -0.639. The zero-order valence-corrected chi connectivity index (χ0v) is 28.4. The number of carbonyl (C=O) groups is 2. The molecule has 0 fully saturated rings. The maximum Gasteiger partial charge on any atom is 0.264 e. The van der Waals surface area contributed by atoms with Gasteiger partial charge in [-0.25, -0.2) is 8.42 Å². The van der Waals surface area contributed by atoms with E-state index in [1.165, 1.54) is 30.2 Å². The topological polar surface area (TPSA) is 96.0 Å². The van der Waals surface area contributed by atoms with E-state index < -0.39 is 40.0 Å². The Labute approximate surface area is 280 Å². The summed E-state index contributed by atoms with van der Waals surface area (Å²) < 4.78 is 34.7. The summed E-state index contributed by atoms with van der Waals surface area (Å²) in [6.07, 6.45) is 0.154. The number of carbonyl (C=O) groups excluding carboxylic acids is 2. The Morgan fingerprint density at radius 1 is 0.848 bits per heavy atom. The minimum absolute atomic E-state index is 0.00220. The second kappa shape index (κ2) is 15.0. The number of halogens is 2. The van der Waals surface area contributed by atoms with Crippen LogP contribution in [0.3, 0.4) is 0 Å². The lowest BCUT2D eigenvalue weighted by Crippen LogP contribution is -2.56. The molecule has 0 heterocycles. The first kappa shape index (κ1) is 34.8. The van der Waals surface area contributed by atoms with Crippen molar-refractivity contribution in [2.24, 2.45) is 0 Å². The summed E-state index contributed by atoms with van der Waals surface area (Å²) in [7, 11) is -2.78. The first-order valence-corrected chi connectivity index (χ1v) is 16.8. The first-order chi connectivity index (χ1) is 21.8. The standard InChI is InChI=1S/C35H37Cl2N3O5S/c1-35(2,3)38-34(42)32(21-25-13-7-5-8-14-25)39(23-29-30(36)19-12-20-31(29)37)33(41)24-40(26-15-11-16-27(22-26)45-4)46(43,44)28-17-9-6-10-18-28/h5-20,22,32H,21,23-24H2,1-4H3,(H,38,42)/t32-/m0/s1. The minimum Gasteiger partial charge on any atom is -0.497 e. The van der Waals surface area contributed by atoms with Gasteiger partial charge in [0.2, 0.25) is 11.8 Å². The van der Waals surface area contributed by atoms with E-state index in [9.17, 15) is 18.0 Å². The first-order valence-electron chi connectivity index (χ1n) is 14.6. The number of methoxy groups -OCH3 is 1. The molecule has 1 N–H and O–H groups in total. The molecule has 2 amide bonds. The molecule has 0 radical (unpaired) electrons. The Bertz CT molecular complexity index is 1740. The van der Waals surface area contributed by atoms with Gasteiger partial charge in [0.05, 0.1) is 17.7 Å². The van der Waals surface area contributed by atoms with Crippen LogP contribution in [0.4, 0.5) is 5.69 Å². The number of rotatable bonds is 12. The van der Waals surface area contributed by atoms with Crippen LogP contribution >= 0.6 is 23.2 Å². The molecule has 1 atom stereocenters. The molecule has 0 aliphatic heterocycles. The fraction of sp³-hybridized carbons (Fsp3) is 0.257. The summed E-state index contributed by atoms with van der Waals surface area (Å²) in [5.41, 5.74) is 0.832. The molecule has 0 aliphatic rings. The van der Waals surface area contributed by atoms with Gasteiger partial charge in [0.25, 0.3) is 10.0 Å². The van der Waals surface area contributed by atoms with Crippen LogP contribution in [0.25, 0.3) is 0 Å². The zero-order valence-electron chi connectivity index (χ0n) is 26.1. The van der Waals surface area contributed by atoms with Gasteiger partial charge >= 0.3 is 0 Å². The molecule has 0 bridgehead atoms. The van der Waals surface area contributed by atoms with Crippen LogP contribution in [0.1, 0.15) is 31.9 Å². The molecular formula is C35H37Cl2N3O5S. The van der Waals surface area contributed by atoms with E-state index in [4.69, 9.17) is 27.9 Å². The van der Waals surface area contributed by atoms with E-state index in [0.717, 1.165) is 9.87 Å². The number of anilines is 1. The lowest BCUT2D eigenvalue weighted by Gasteiger charge is -2.35. The summed E-state index contributed by atoms with van der Waals surface area (Å²) in [5, 5.41) is 3.61. The quantitative estimate of drug-likeness (QED) is 0.178. The van der Waals surface area contributed by atoms with Crippen molar-refractivity contribution in [3.05, 3.63) is 124 Å². The molecule has 0 unspecified atom stereocenters. The van der Waals surface area contributed by atoms with Crippen LogP contribution in [0.15, 0.2) is 108 Å². The van der Waals surface area contributed by atoms with Crippen molar-refractivity contribution in [1.29, 1.82) is 0 Å². The van der Waals surface area contributed by atoms with Crippen LogP contribution in [0, 0.1) is 0 Å². The summed E-state index contributed by atoms with van der Waals surface area (Å²) in [4.78, 5) is 30.0.